The van der Waals surface area contributed by atoms with Crippen molar-refractivity contribution in [3.8, 4) is 11.8 Å². The SMILES string of the molecule is N#Cc1c(CCCNC(=O)C2(c3ccc(Cl)cc3)CCOCC2)nn(-c2ccccc2)c1N. The van der Waals surface area contributed by atoms with Crippen LogP contribution in [-0.4, -0.2) is 35.4 Å². The summed E-state index contributed by atoms with van der Waals surface area (Å²) in [6.07, 6.45) is 2.41. The molecule has 4 rings (SSSR count). The Labute approximate surface area is 198 Å². The molecular formula is C25H26ClN5O2. The van der Waals surface area contributed by atoms with Crippen molar-refractivity contribution < 1.29 is 9.53 Å². The maximum Gasteiger partial charge on any atom is 0.230 e. The maximum absolute atomic E-state index is 13.3. The fourth-order valence-corrected chi connectivity index (χ4v) is 4.43. The van der Waals surface area contributed by atoms with E-state index in [9.17, 15) is 10.1 Å². The average molecular weight is 464 g/mol. The second-order valence-electron chi connectivity index (χ2n) is 8.13. The quantitative estimate of drug-likeness (QED) is 0.518. The number of aromatic nitrogens is 2. The van der Waals surface area contributed by atoms with Crippen molar-refractivity contribution in [1.82, 2.24) is 15.1 Å². The van der Waals surface area contributed by atoms with E-state index < -0.39 is 5.41 Å². The molecule has 1 saturated heterocycles. The molecule has 0 radical (unpaired) electrons. The molecular weight excluding hydrogens is 438 g/mol. The van der Waals surface area contributed by atoms with Crippen LogP contribution in [0.1, 0.15) is 36.1 Å². The molecule has 3 N–H and O–H groups in total. The third-order valence-electron chi connectivity index (χ3n) is 6.16. The van der Waals surface area contributed by atoms with Crippen molar-refractivity contribution in [2.75, 3.05) is 25.5 Å². The molecule has 0 bridgehead atoms. The highest BCUT2D eigenvalue weighted by molar-refractivity contribution is 6.30. The number of nitrogen functional groups attached to an aromatic ring is 1. The number of nitrogens with one attached hydrogen (secondary N) is 1. The second-order valence-corrected chi connectivity index (χ2v) is 8.56. The molecule has 8 heteroatoms. The molecule has 170 valence electrons. The van der Waals surface area contributed by atoms with E-state index in [-0.39, 0.29) is 5.91 Å². The number of ether oxygens (including phenoxy) is 1. The summed E-state index contributed by atoms with van der Waals surface area (Å²) in [6.45, 7) is 1.55. The first kappa shape index (κ1) is 22.8. The first-order valence-corrected chi connectivity index (χ1v) is 11.4. The Balaban J connectivity index is 1.42. The van der Waals surface area contributed by atoms with Crippen LogP contribution >= 0.6 is 11.6 Å². The van der Waals surface area contributed by atoms with E-state index in [4.69, 9.17) is 22.1 Å². The molecule has 0 atom stereocenters. The maximum atomic E-state index is 13.3. The number of hydrogen-bond acceptors (Lipinski definition) is 5. The van der Waals surface area contributed by atoms with Gasteiger partial charge in [-0.3, -0.25) is 4.79 Å². The summed E-state index contributed by atoms with van der Waals surface area (Å²) < 4.78 is 7.11. The predicted octanol–water partition coefficient (Wildman–Crippen LogP) is 3.78. The van der Waals surface area contributed by atoms with Gasteiger partial charge in [-0.1, -0.05) is 41.9 Å². The Morgan fingerprint density at radius 2 is 1.88 bits per heavy atom. The number of hydrogen-bond donors (Lipinski definition) is 2. The van der Waals surface area contributed by atoms with Gasteiger partial charge in [-0.2, -0.15) is 10.4 Å². The number of carbonyl (C=O) groups excluding carboxylic acids is 1. The molecule has 0 saturated carbocycles. The molecule has 2 aromatic carbocycles. The van der Waals surface area contributed by atoms with Gasteiger partial charge in [0.25, 0.3) is 0 Å². The van der Waals surface area contributed by atoms with Gasteiger partial charge < -0.3 is 15.8 Å². The standard InChI is InChI=1S/C25H26ClN5O2/c26-19-10-8-18(9-11-19)25(12-15-33-16-13-25)24(32)29-14-4-7-22-21(17-27)23(28)31(30-22)20-5-2-1-3-6-20/h1-3,5-6,8-11H,4,7,12-16,28H2,(H,29,32). The Bertz CT molecular complexity index is 1150. The third-order valence-corrected chi connectivity index (χ3v) is 6.41. The van der Waals surface area contributed by atoms with Gasteiger partial charge in [0, 0.05) is 24.8 Å². The fraction of sp³-hybridized carbons (Fsp3) is 0.320. The van der Waals surface area contributed by atoms with Crippen molar-refractivity contribution >= 4 is 23.3 Å². The van der Waals surface area contributed by atoms with Crippen LogP contribution in [-0.2, 0) is 21.4 Å². The van der Waals surface area contributed by atoms with Crippen LogP contribution in [0.3, 0.4) is 0 Å². The molecule has 1 amide bonds. The van der Waals surface area contributed by atoms with E-state index in [0.29, 0.717) is 67.5 Å². The number of nitrogens with zero attached hydrogens (tertiary/aromatic N) is 3. The number of aryl methyl sites for hydroxylation is 1. The van der Waals surface area contributed by atoms with Gasteiger partial charge >= 0.3 is 0 Å². The lowest BCUT2D eigenvalue weighted by molar-refractivity contribution is -0.130. The number of nitriles is 1. The van der Waals surface area contributed by atoms with Crippen LogP contribution in [0.25, 0.3) is 5.69 Å². The molecule has 33 heavy (non-hydrogen) atoms. The van der Waals surface area contributed by atoms with Crippen LogP contribution in [0.2, 0.25) is 5.02 Å². The number of para-hydroxylation sites is 1. The average Bonchev–Trinajstić information content (AvgIpc) is 3.18. The number of anilines is 1. The summed E-state index contributed by atoms with van der Waals surface area (Å²) in [5, 5.41) is 17.9. The largest absolute Gasteiger partial charge is 0.382 e. The molecule has 2 heterocycles. The van der Waals surface area contributed by atoms with E-state index in [0.717, 1.165) is 11.3 Å². The third kappa shape index (κ3) is 4.72. The Morgan fingerprint density at radius 1 is 1.18 bits per heavy atom. The van der Waals surface area contributed by atoms with Crippen LogP contribution in [0.15, 0.2) is 54.6 Å². The number of halogens is 1. The molecule has 3 aromatic rings. The first-order chi connectivity index (χ1) is 16.0. The zero-order valence-electron chi connectivity index (χ0n) is 18.3. The summed E-state index contributed by atoms with van der Waals surface area (Å²) in [4.78, 5) is 13.3. The topological polar surface area (TPSA) is 106 Å². The van der Waals surface area contributed by atoms with Gasteiger partial charge in [0.2, 0.25) is 5.91 Å². The Kier molecular flexibility index (Phi) is 6.97. The van der Waals surface area contributed by atoms with Crippen molar-refractivity contribution in [2.45, 2.75) is 31.1 Å². The number of benzene rings is 2. The number of carbonyl (C=O) groups is 1. The van der Waals surface area contributed by atoms with Gasteiger partial charge in [0.15, 0.2) is 0 Å². The summed E-state index contributed by atoms with van der Waals surface area (Å²) in [5.41, 5.74) is 8.32. The van der Waals surface area contributed by atoms with Gasteiger partial charge in [0.1, 0.15) is 17.5 Å². The monoisotopic (exact) mass is 463 g/mol. The predicted molar refractivity (Wildman–Crippen MR) is 127 cm³/mol. The molecule has 1 fully saturated rings. The van der Waals surface area contributed by atoms with Gasteiger partial charge in [-0.15, -0.1) is 0 Å². The minimum atomic E-state index is -0.625. The lowest BCUT2D eigenvalue weighted by Gasteiger charge is -2.36. The summed E-state index contributed by atoms with van der Waals surface area (Å²) in [5.74, 6) is 0.314. The zero-order chi connectivity index (χ0) is 23.3. The summed E-state index contributed by atoms with van der Waals surface area (Å²) in [7, 11) is 0. The number of nitrogens with two attached hydrogens (primary N) is 1. The zero-order valence-corrected chi connectivity index (χ0v) is 19.0. The van der Waals surface area contributed by atoms with E-state index in [2.05, 4.69) is 16.5 Å². The molecule has 7 nitrogen and oxygen atoms in total. The Hall–Kier alpha value is -3.34. The molecule has 0 aliphatic carbocycles. The highest BCUT2D eigenvalue weighted by Crippen LogP contribution is 2.35. The van der Waals surface area contributed by atoms with Crippen LogP contribution in [0.5, 0.6) is 0 Å². The summed E-state index contributed by atoms with van der Waals surface area (Å²) >= 11 is 6.05. The van der Waals surface area contributed by atoms with E-state index in [1.807, 2.05) is 54.6 Å². The van der Waals surface area contributed by atoms with Crippen molar-refractivity contribution in [2.24, 2.45) is 0 Å². The minimum absolute atomic E-state index is 0.0112. The van der Waals surface area contributed by atoms with E-state index in [1.165, 1.54) is 0 Å². The molecule has 1 aliphatic rings. The van der Waals surface area contributed by atoms with E-state index in [1.54, 1.807) is 4.68 Å². The normalized spacial score (nSPS) is 15.0. The Morgan fingerprint density at radius 3 is 2.55 bits per heavy atom. The van der Waals surface area contributed by atoms with Crippen LogP contribution in [0.4, 0.5) is 5.82 Å². The highest BCUT2D eigenvalue weighted by Gasteiger charge is 2.41. The lowest BCUT2D eigenvalue weighted by atomic mass is 9.73. The van der Waals surface area contributed by atoms with Gasteiger partial charge in [-0.25, -0.2) is 4.68 Å². The minimum Gasteiger partial charge on any atom is -0.382 e. The smallest absolute Gasteiger partial charge is 0.230 e. The summed E-state index contributed by atoms with van der Waals surface area (Å²) in [6, 6.07) is 19.1. The highest BCUT2D eigenvalue weighted by atomic mass is 35.5. The number of amides is 1. The number of rotatable bonds is 7. The fourth-order valence-electron chi connectivity index (χ4n) is 4.30. The molecule has 1 aromatic heterocycles. The second kappa shape index (κ2) is 10.1. The molecule has 1 aliphatic heterocycles. The van der Waals surface area contributed by atoms with Gasteiger partial charge in [0.05, 0.1) is 16.8 Å². The van der Waals surface area contributed by atoms with E-state index >= 15 is 0 Å². The van der Waals surface area contributed by atoms with Crippen molar-refractivity contribution in [3.05, 3.63) is 76.4 Å². The first-order valence-electron chi connectivity index (χ1n) is 11.0. The van der Waals surface area contributed by atoms with Crippen molar-refractivity contribution in [1.29, 1.82) is 5.26 Å². The van der Waals surface area contributed by atoms with Gasteiger partial charge in [-0.05, 0) is 55.5 Å². The molecule has 0 unspecified atom stereocenters. The van der Waals surface area contributed by atoms with Crippen LogP contribution < -0.4 is 11.1 Å². The lowest BCUT2D eigenvalue weighted by Crippen LogP contribution is -2.48. The van der Waals surface area contributed by atoms with Crippen molar-refractivity contribution in [3.63, 3.8) is 0 Å². The molecule has 0 spiro atoms. The van der Waals surface area contributed by atoms with Crippen LogP contribution in [0, 0.1) is 11.3 Å².